The normalized spacial score (nSPS) is 18.7. The van der Waals surface area contributed by atoms with E-state index in [2.05, 4.69) is 73.3 Å². The van der Waals surface area contributed by atoms with Crippen molar-refractivity contribution in [3.05, 3.63) is 77.5 Å². The van der Waals surface area contributed by atoms with Gasteiger partial charge in [0.15, 0.2) is 11.9 Å². The first-order chi connectivity index (χ1) is 26.0. The highest BCUT2D eigenvalue weighted by atomic mass is 16.2. The van der Waals surface area contributed by atoms with E-state index in [-0.39, 0.29) is 23.9 Å². The third-order valence-corrected chi connectivity index (χ3v) is 11.1. The molecule has 4 aliphatic rings. The third kappa shape index (κ3) is 6.68. The maximum absolute atomic E-state index is 12.6. The minimum atomic E-state index is -1.32. The molecule has 4 aromatic heterocycles. The van der Waals surface area contributed by atoms with Gasteiger partial charge in [-0.2, -0.15) is 14.7 Å². The average molecular weight is 721 g/mol. The van der Waals surface area contributed by atoms with E-state index in [4.69, 9.17) is 20.8 Å². The molecule has 7 heterocycles. The molecule has 4 radical (unpaired) electrons. The van der Waals surface area contributed by atoms with E-state index in [1.165, 1.54) is 25.9 Å². The van der Waals surface area contributed by atoms with Gasteiger partial charge in [-0.1, -0.05) is 25.1 Å². The summed E-state index contributed by atoms with van der Waals surface area (Å²) in [5, 5.41) is 14.9. The van der Waals surface area contributed by atoms with Crippen molar-refractivity contribution < 1.29 is 9.59 Å². The first-order valence-electron chi connectivity index (χ1n) is 18.9. The Hall–Kier alpha value is -5.01. The van der Waals surface area contributed by atoms with E-state index in [0.717, 1.165) is 53.2 Å². The Morgan fingerprint density at radius 1 is 1.02 bits per heavy atom. The zero-order chi connectivity index (χ0) is 37.7. The van der Waals surface area contributed by atoms with Gasteiger partial charge in [0.2, 0.25) is 5.91 Å². The molecule has 1 unspecified atom stereocenters. The molecule has 1 atom stereocenters. The minimum absolute atomic E-state index is 0.00292. The van der Waals surface area contributed by atoms with E-state index in [1.807, 2.05) is 36.2 Å². The van der Waals surface area contributed by atoms with Gasteiger partial charge >= 0.3 is 0 Å². The van der Waals surface area contributed by atoms with Crippen molar-refractivity contribution in [3.63, 3.8) is 0 Å². The van der Waals surface area contributed by atoms with E-state index in [1.54, 1.807) is 22.7 Å². The number of pyridine rings is 1. The van der Waals surface area contributed by atoms with Gasteiger partial charge in [0.1, 0.15) is 17.3 Å². The smallest absolute Gasteiger partial charge is 0.228 e. The predicted octanol–water partition coefficient (Wildman–Crippen LogP) is 4.82. The van der Waals surface area contributed by atoms with Gasteiger partial charge < -0.3 is 25.3 Å². The van der Waals surface area contributed by atoms with Gasteiger partial charge in [-0.15, -0.1) is 0 Å². The number of carbonyl (C=O) groups is 2. The van der Waals surface area contributed by atoms with Crippen LogP contribution in [0.5, 0.6) is 0 Å². The molecular weight excluding hydrogens is 676 g/mol. The fourth-order valence-electron chi connectivity index (χ4n) is 7.89. The monoisotopic (exact) mass is 721 g/mol. The standard InChI is InChI=1S/C34H34B2N10O2.C5H11N/c1-4-26-32-24(15-37-45(32)22-16-44(17-22)34(35,36)27-10-5-7-21(18-47)38-27)23-8-6-9-25(31(23)43(26)3)39-30-14-28(41-33(48)20-11-12-20)40-29-13-19(2)42-46(29)30;1-6-4-2-3-5-6/h5-10,13-15,18,20,22,26,39H,4,11-12,16-17H2,1-3H3,(H,40,41,48);2-5H2,1H3. The Balaban J connectivity index is 0.000000630. The zero-order valence-electron chi connectivity index (χ0n) is 31.4. The summed E-state index contributed by atoms with van der Waals surface area (Å²) in [7, 11) is 17.4. The molecule has 15 heteroatoms. The number of likely N-dealkylation sites (tertiary alicyclic amines) is 2. The zero-order valence-corrected chi connectivity index (χ0v) is 31.4. The van der Waals surface area contributed by atoms with E-state index in [0.29, 0.717) is 48.0 Å². The number of para-hydroxylation sites is 1. The Morgan fingerprint density at radius 3 is 2.46 bits per heavy atom. The second-order valence-electron chi connectivity index (χ2n) is 15.1. The number of amides is 1. The second-order valence-corrected chi connectivity index (χ2v) is 15.1. The van der Waals surface area contributed by atoms with Crippen LogP contribution < -0.4 is 15.5 Å². The van der Waals surface area contributed by atoms with Crippen LogP contribution in [0.2, 0.25) is 0 Å². The van der Waals surface area contributed by atoms with Gasteiger partial charge in [0.25, 0.3) is 0 Å². The molecule has 2 saturated heterocycles. The van der Waals surface area contributed by atoms with E-state index >= 15 is 0 Å². The van der Waals surface area contributed by atoms with Crippen LogP contribution in [0.15, 0.2) is 54.7 Å². The molecule has 0 bridgehead atoms. The Bertz CT molecular complexity index is 2200. The fourth-order valence-corrected chi connectivity index (χ4v) is 7.89. The SMILES string of the molecule is CN1CCCC1.[B]C([B])(c1cccc(C=O)n1)N1CC(n2ncc3c2C(CC)N(C)c2c(Nc4cc(NC(=O)C5CC5)nc5cc(C)nn45)cccc2-3)C1. The van der Waals surface area contributed by atoms with Crippen molar-refractivity contribution >= 4 is 56.5 Å². The van der Waals surface area contributed by atoms with Crippen LogP contribution in [0, 0.1) is 12.8 Å². The van der Waals surface area contributed by atoms with Crippen LogP contribution in [0.25, 0.3) is 16.8 Å². The highest BCUT2D eigenvalue weighted by Crippen LogP contribution is 2.50. The van der Waals surface area contributed by atoms with Gasteiger partial charge in [-0.25, -0.2) is 9.97 Å². The molecule has 1 aromatic carbocycles. The van der Waals surface area contributed by atoms with E-state index < -0.39 is 5.34 Å². The van der Waals surface area contributed by atoms with Crippen LogP contribution in [-0.2, 0) is 10.1 Å². The van der Waals surface area contributed by atoms with Crippen molar-refractivity contribution in [1.29, 1.82) is 0 Å². The first kappa shape index (κ1) is 36.0. The topological polar surface area (TPSA) is 129 Å². The highest BCUT2D eigenvalue weighted by Gasteiger charge is 2.42. The molecule has 0 spiro atoms. The summed E-state index contributed by atoms with van der Waals surface area (Å²) in [5.41, 5.74) is 7.46. The molecule has 54 heavy (non-hydrogen) atoms. The molecule has 9 rings (SSSR count). The van der Waals surface area contributed by atoms with Gasteiger partial charge in [0, 0.05) is 55.0 Å². The lowest BCUT2D eigenvalue weighted by Crippen LogP contribution is -2.60. The number of rotatable bonds is 9. The predicted molar refractivity (Wildman–Crippen MR) is 212 cm³/mol. The van der Waals surface area contributed by atoms with Gasteiger partial charge in [-0.05, 0) is 82.7 Å². The van der Waals surface area contributed by atoms with Crippen LogP contribution in [0.3, 0.4) is 0 Å². The van der Waals surface area contributed by atoms with Crippen LogP contribution in [0.1, 0.15) is 78.7 Å². The summed E-state index contributed by atoms with van der Waals surface area (Å²) in [4.78, 5) is 39.5. The minimum Gasteiger partial charge on any atom is -0.364 e. The largest absolute Gasteiger partial charge is 0.364 e. The lowest BCUT2D eigenvalue weighted by Gasteiger charge is -2.50. The summed E-state index contributed by atoms with van der Waals surface area (Å²) in [6.45, 7) is 7.92. The summed E-state index contributed by atoms with van der Waals surface area (Å²) in [6, 6.07) is 15.2. The van der Waals surface area contributed by atoms with Gasteiger partial charge in [-0.3, -0.25) is 14.3 Å². The fraction of sp³-hybridized carbons (Fsp3) is 0.436. The molecule has 1 saturated carbocycles. The Morgan fingerprint density at radius 2 is 1.78 bits per heavy atom. The number of aromatic nitrogens is 6. The van der Waals surface area contributed by atoms with E-state index in [9.17, 15) is 9.59 Å². The number of nitrogens with zero attached hydrogens (tertiary/aromatic N) is 9. The maximum Gasteiger partial charge on any atom is 0.228 e. The Kier molecular flexibility index (Phi) is 9.55. The van der Waals surface area contributed by atoms with Crippen LogP contribution in [-0.4, -0.2) is 107 Å². The summed E-state index contributed by atoms with van der Waals surface area (Å²) >= 11 is 0. The van der Waals surface area contributed by atoms with Crippen molar-refractivity contribution in [2.24, 2.45) is 5.92 Å². The molecule has 1 aliphatic carbocycles. The van der Waals surface area contributed by atoms with Crippen LogP contribution in [0.4, 0.5) is 23.0 Å². The summed E-state index contributed by atoms with van der Waals surface area (Å²) < 4.78 is 3.89. The molecule has 13 nitrogen and oxygen atoms in total. The quantitative estimate of drug-likeness (QED) is 0.162. The van der Waals surface area contributed by atoms with Crippen molar-refractivity contribution in [3.8, 4) is 11.1 Å². The lowest BCUT2D eigenvalue weighted by molar-refractivity contribution is -0.117. The van der Waals surface area contributed by atoms with Gasteiger partial charge in [0.05, 0.1) is 56.7 Å². The second kappa shape index (κ2) is 14.3. The number of aryl methyl sites for hydroxylation is 1. The summed E-state index contributed by atoms with van der Waals surface area (Å²) in [6.07, 6.45) is 8.16. The molecule has 3 aliphatic heterocycles. The highest BCUT2D eigenvalue weighted by molar-refractivity contribution is 6.39. The number of aldehydes is 1. The van der Waals surface area contributed by atoms with Crippen molar-refractivity contribution in [2.75, 3.05) is 55.8 Å². The molecule has 2 N–H and O–H groups in total. The number of hydrogen-bond acceptors (Lipinski definition) is 10. The molecular formula is C39H45B2N11O2. The molecule has 3 fully saturated rings. The number of anilines is 4. The number of nitrogens with one attached hydrogen (secondary N) is 2. The third-order valence-electron chi connectivity index (χ3n) is 11.1. The Labute approximate surface area is 318 Å². The summed E-state index contributed by atoms with van der Waals surface area (Å²) in [5.74, 6) is 1.26. The van der Waals surface area contributed by atoms with Crippen molar-refractivity contribution in [1.82, 2.24) is 39.2 Å². The van der Waals surface area contributed by atoms with Crippen molar-refractivity contribution in [2.45, 2.75) is 63.4 Å². The average Bonchev–Trinajstić information content (AvgIpc) is 3.54. The lowest BCUT2D eigenvalue weighted by atomic mass is 9.57. The number of carbonyl (C=O) groups excluding carboxylic acids is 2. The molecule has 5 aromatic rings. The molecule has 274 valence electrons. The number of hydrogen-bond donors (Lipinski definition) is 2. The van der Waals surface area contributed by atoms with Crippen LogP contribution >= 0.6 is 0 Å². The maximum atomic E-state index is 12.6. The molecule has 1 amide bonds. The number of fused-ring (bicyclic) bond motifs is 4. The number of benzene rings is 1. The first-order valence-corrected chi connectivity index (χ1v) is 18.9.